The van der Waals surface area contributed by atoms with Gasteiger partial charge in [0.15, 0.2) is 6.61 Å². The van der Waals surface area contributed by atoms with Gasteiger partial charge >= 0.3 is 0 Å². The molecule has 3 N–H and O–H groups in total. The Hall–Kier alpha value is -2.40. The fourth-order valence-electron chi connectivity index (χ4n) is 3.62. The van der Waals surface area contributed by atoms with Crippen LogP contribution in [-0.4, -0.2) is 25.6 Å². The van der Waals surface area contributed by atoms with Gasteiger partial charge in [-0.1, -0.05) is 24.3 Å². The van der Waals surface area contributed by atoms with Gasteiger partial charge in [-0.25, -0.2) is 4.39 Å². The normalized spacial score (nSPS) is 19.3. The molecule has 0 aliphatic heterocycles. The summed E-state index contributed by atoms with van der Waals surface area (Å²) in [7, 11) is 1.94. The van der Waals surface area contributed by atoms with Gasteiger partial charge in [0.2, 0.25) is 0 Å². The summed E-state index contributed by atoms with van der Waals surface area (Å²) in [5.41, 5.74) is 8.26. The van der Waals surface area contributed by atoms with Gasteiger partial charge in [0, 0.05) is 12.0 Å². The number of ether oxygens (including phenoxy) is 1. The van der Waals surface area contributed by atoms with Crippen molar-refractivity contribution in [3.8, 4) is 5.75 Å². The molecule has 3 rings (SSSR count). The van der Waals surface area contributed by atoms with Gasteiger partial charge in [-0.2, -0.15) is 0 Å². The van der Waals surface area contributed by atoms with Gasteiger partial charge in [-0.05, 0) is 61.2 Å². The molecule has 2 aromatic rings. The quantitative estimate of drug-likeness (QED) is 0.848. The van der Waals surface area contributed by atoms with E-state index in [1.165, 1.54) is 11.6 Å². The molecular formula is C20H23FN2O2. The summed E-state index contributed by atoms with van der Waals surface area (Å²) in [4.78, 5) is 10.9. The number of likely N-dealkylation sites (N-methyl/N-ethyl adjacent to an activating group) is 1. The molecule has 0 saturated carbocycles. The maximum absolute atomic E-state index is 14.1. The van der Waals surface area contributed by atoms with Crippen LogP contribution in [0.5, 0.6) is 5.75 Å². The Morgan fingerprint density at radius 1 is 1.32 bits per heavy atom. The van der Waals surface area contributed by atoms with E-state index in [1.807, 2.05) is 37.4 Å². The van der Waals surface area contributed by atoms with Crippen molar-refractivity contribution in [2.24, 2.45) is 5.73 Å². The molecule has 0 saturated heterocycles. The number of aryl methyl sites for hydroxylation is 1. The zero-order chi connectivity index (χ0) is 17.8. The van der Waals surface area contributed by atoms with E-state index < -0.39 is 5.91 Å². The van der Waals surface area contributed by atoms with Crippen molar-refractivity contribution in [1.29, 1.82) is 0 Å². The molecule has 4 nitrogen and oxygen atoms in total. The average Bonchev–Trinajstić information content (AvgIpc) is 2.62. The Labute approximate surface area is 147 Å². The van der Waals surface area contributed by atoms with Gasteiger partial charge in [-0.15, -0.1) is 0 Å². The van der Waals surface area contributed by atoms with E-state index in [4.69, 9.17) is 10.5 Å². The Morgan fingerprint density at radius 3 is 2.84 bits per heavy atom. The van der Waals surface area contributed by atoms with Crippen LogP contribution in [0.4, 0.5) is 4.39 Å². The van der Waals surface area contributed by atoms with E-state index in [9.17, 15) is 9.18 Å². The minimum atomic E-state index is -0.506. The number of carbonyl (C=O) groups excluding carboxylic acids is 1. The van der Waals surface area contributed by atoms with Crippen molar-refractivity contribution < 1.29 is 13.9 Å². The Bertz CT molecular complexity index is 763. The van der Waals surface area contributed by atoms with Crippen molar-refractivity contribution in [1.82, 2.24) is 5.32 Å². The summed E-state index contributed by atoms with van der Waals surface area (Å²) in [5, 5.41) is 3.37. The standard InChI is InChI=1S/C20H23FN2O2/c1-23-19-9-7-13-6-8-15(25-12-20(22)24)11-16(13)17(19)10-14-4-2-3-5-18(14)21/h2-6,8,11,17,19,23H,7,9-10,12H2,1H3,(H2,22,24). The summed E-state index contributed by atoms with van der Waals surface area (Å²) in [6.45, 7) is -0.147. The van der Waals surface area contributed by atoms with Crippen LogP contribution in [-0.2, 0) is 17.6 Å². The number of nitrogens with one attached hydrogen (secondary N) is 1. The second-order valence-corrected chi connectivity index (χ2v) is 6.45. The molecule has 1 amide bonds. The first-order valence-corrected chi connectivity index (χ1v) is 8.53. The van der Waals surface area contributed by atoms with E-state index in [0.717, 1.165) is 18.4 Å². The highest BCUT2D eigenvalue weighted by Crippen LogP contribution is 2.36. The number of hydrogen-bond donors (Lipinski definition) is 2. The largest absolute Gasteiger partial charge is 0.484 e. The van der Waals surface area contributed by atoms with Crippen molar-refractivity contribution in [2.45, 2.75) is 31.2 Å². The Morgan fingerprint density at radius 2 is 2.12 bits per heavy atom. The number of primary amides is 1. The fraction of sp³-hybridized carbons (Fsp3) is 0.350. The second kappa shape index (κ2) is 7.66. The number of nitrogens with two attached hydrogens (primary N) is 1. The maximum atomic E-state index is 14.1. The SMILES string of the molecule is CNC1CCc2ccc(OCC(N)=O)cc2C1Cc1ccccc1F. The lowest BCUT2D eigenvalue weighted by Crippen LogP contribution is -2.37. The minimum absolute atomic E-state index is 0.141. The molecule has 2 atom stereocenters. The van der Waals surface area contributed by atoms with Gasteiger partial charge < -0.3 is 15.8 Å². The zero-order valence-electron chi connectivity index (χ0n) is 14.3. The minimum Gasteiger partial charge on any atom is -0.484 e. The van der Waals surface area contributed by atoms with Crippen LogP contribution in [0.1, 0.15) is 29.0 Å². The van der Waals surface area contributed by atoms with Crippen molar-refractivity contribution in [3.05, 3.63) is 65.0 Å². The summed E-state index contributed by atoms with van der Waals surface area (Å²) < 4.78 is 19.6. The molecule has 1 aliphatic rings. The lowest BCUT2D eigenvalue weighted by atomic mass is 9.76. The molecule has 1 aliphatic carbocycles. The van der Waals surface area contributed by atoms with Crippen LogP contribution in [0.15, 0.2) is 42.5 Å². The highest BCUT2D eigenvalue weighted by Gasteiger charge is 2.29. The smallest absolute Gasteiger partial charge is 0.255 e. The third kappa shape index (κ3) is 3.99. The molecule has 0 bridgehead atoms. The number of hydrogen-bond acceptors (Lipinski definition) is 3. The van der Waals surface area contributed by atoms with Crippen LogP contribution in [0.2, 0.25) is 0 Å². The van der Waals surface area contributed by atoms with Crippen LogP contribution < -0.4 is 15.8 Å². The van der Waals surface area contributed by atoms with Gasteiger partial charge in [0.25, 0.3) is 5.91 Å². The topological polar surface area (TPSA) is 64.3 Å². The molecule has 5 heteroatoms. The molecule has 2 unspecified atom stereocenters. The lowest BCUT2D eigenvalue weighted by Gasteiger charge is -2.34. The zero-order valence-corrected chi connectivity index (χ0v) is 14.3. The number of fused-ring (bicyclic) bond motifs is 1. The lowest BCUT2D eigenvalue weighted by molar-refractivity contribution is -0.119. The maximum Gasteiger partial charge on any atom is 0.255 e. The summed E-state index contributed by atoms with van der Waals surface area (Å²) in [5.74, 6) is 0.0787. The van der Waals surface area contributed by atoms with E-state index >= 15 is 0 Å². The summed E-state index contributed by atoms with van der Waals surface area (Å²) in [6.07, 6.45) is 2.58. The van der Waals surface area contributed by atoms with E-state index in [-0.39, 0.29) is 24.4 Å². The summed E-state index contributed by atoms with van der Waals surface area (Å²) >= 11 is 0. The molecule has 25 heavy (non-hydrogen) atoms. The number of carbonyl (C=O) groups is 1. The molecule has 132 valence electrons. The van der Waals surface area contributed by atoms with Crippen molar-refractivity contribution in [2.75, 3.05) is 13.7 Å². The van der Waals surface area contributed by atoms with Crippen LogP contribution in [0, 0.1) is 5.82 Å². The van der Waals surface area contributed by atoms with Crippen LogP contribution in [0.25, 0.3) is 0 Å². The first kappa shape index (κ1) is 17.4. The van der Waals surface area contributed by atoms with Gasteiger partial charge in [-0.3, -0.25) is 4.79 Å². The molecule has 0 spiro atoms. The van der Waals surface area contributed by atoms with Gasteiger partial charge in [0.05, 0.1) is 0 Å². The van der Waals surface area contributed by atoms with Crippen LogP contribution >= 0.6 is 0 Å². The highest BCUT2D eigenvalue weighted by molar-refractivity contribution is 5.75. The fourth-order valence-corrected chi connectivity index (χ4v) is 3.62. The monoisotopic (exact) mass is 342 g/mol. The average molecular weight is 342 g/mol. The third-order valence-electron chi connectivity index (χ3n) is 4.88. The number of benzene rings is 2. The van der Waals surface area contributed by atoms with Gasteiger partial charge in [0.1, 0.15) is 11.6 Å². The first-order chi connectivity index (χ1) is 12.1. The summed E-state index contributed by atoms with van der Waals surface area (Å²) in [6, 6.07) is 13.0. The molecular weight excluding hydrogens is 319 g/mol. The first-order valence-electron chi connectivity index (χ1n) is 8.53. The number of amides is 1. The second-order valence-electron chi connectivity index (χ2n) is 6.45. The van der Waals surface area contributed by atoms with Crippen LogP contribution in [0.3, 0.4) is 0 Å². The Kier molecular flexibility index (Phi) is 5.34. The van der Waals surface area contributed by atoms with E-state index in [0.29, 0.717) is 17.7 Å². The molecule has 0 radical (unpaired) electrons. The van der Waals surface area contributed by atoms with Crippen molar-refractivity contribution >= 4 is 5.91 Å². The van der Waals surface area contributed by atoms with E-state index in [2.05, 4.69) is 5.32 Å². The third-order valence-corrected chi connectivity index (χ3v) is 4.88. The molecule has 0 aromatic heterocycles. The highest BCUT2D eigenvalue weighted by atomic mass is 19.1. The molecule has 2 aromatic carbocycles. The molecule has 0 heterocycles. The number of rotatable bonds is 6. The van der Waals surface area contributed by atoms with E-state index in [1.54, 1.807) is 6.07 Å². The Balaban J connectivity index is 1.92. The number of halogens is 1. The predicted molar refractivity (Wildman–Crippen MR) is 95.1 cm³/mol. The van der Waals surface area contributed by atoms with Crippen molar-refractivity contribution in [3.63, 3.8) is 0 Å². The predicted octanol–water partition coefficient (Wildman–Crippen LogP) is 2.55. The molecule has 0 fully saturated rings.